The lowest BCUT2D eigenvalue weighted by Gasteiger charge is -2.50. The molecule has 0 bridgehead atoms. The zero-order valence-corrected chi connectivity index (χ0v) is 21.2. The number of benzene rings is 2. The fourth-order valence-electron chi connectivity index (χ4n) is 6.04. The SMILES string of the molecule is CCOC(=O)C1CCN(C(=O)C2Cc3cc(C(F)(F)F)ccc3N3CCN(c4ccccc4F)CC23)CC1. The van der Waals surface area contributed by atoms with Gasteiger partial charge in [0.05, 0.1) is 35.7 Å². The normalized spacial score (nSPS) is 22.1. The number of halogens is 4. The molecule has 0 aliphatic carbocycles. The highest BCUT2D eigenvalue weighted by Gasteiger charge is 2.45. The van der Waals surface area contributed by atoms with Crippen LogP contribution in [0, 0.1) is 17.7 Å². The lowest BCUT2D eigenvalue weighted by Crippen LogP contribution is -2.62. The van der Waals surface area contributed by atoms with Gasteiger partial charge in [-0.2, -0.15) is 13.2 Å². The van der Waals surface area contributed by atoms with Gasteiger partial charge in [-0.15, -0.1) is 0 Å². The average molecular weight is 534 g/mol. The number of alkyl halides is 3. The van der Waals surface area contributed by atoms with Crippen LogP contribution in [0.1, 0.15) is 30.9 Å². The largest absolute Gasteiger partial charge is 0.466 e. The van der Waals surface area contributed by atoms with Crippen molar-refractivity contribution in [3.8, 4) is 0 Å². The van der Waals surface area contributed by atoms with Crippen molar-refractivity contribution in [2.75, 3.05) is 49.1 Å². The van der Waals surface area contributed by atoms with Crippen LogP contribution in [0.25, 0.3) is 0 Å². The first kappa shape index (κ1) is 26.3. The lowest BCUT2D eigenvalue weighted by atomic mass is 9.81. The van der Waals surface area contributed by atoms with Gasteiger partial charge in [0.15, 0.2) is 0 Å². The van der Waals surface area contributed by atoms with E-state index >= 15 is 0 Å². The van der Waals surface area contributed by atoms with Crippen molar-refractivity contribution in [1.29, 1.82) is 0 Å². The quantitative estimate of drug-likeness (QED) is 0.428. The predicted octanol–water partition coefficient (Wildman–Crippen LogP) is 4.51. The van der Waals surface area contributed by atoms with E-state index in [0.29, 0.717) is 69.1 Å². The van der Waals surface area contributed by atoms with Crippen LogP contribution in [0.4, 0.5) is 28.9 Å². The number of ether oxygens (including phenoxy) is 1. The molecule has 2 fully saturated rings. The Balaban J connectivity index is 1.42. The maximum Gasteiger partial charge on any atom is 0.416 e. The second-order valence-electron chi connectivity index (χ2n) is 10.2. The van der Waals surface area contributed by atoms with E-state index in [1.54, 1.807) is 30.0 Å². The van der Waals surface area contributed by atoms with Gasteiger partial charge in [-0.3, -0.25) is 9.59 Å². The molecule has 3 aliphatic rings. The van der Waals surface area contributed by atoms with Crippen molar-refractivity contribution in [2.24, 2.45) is 11.8 Å². The number of anilines is 2. The van der Waals surface area contributed by atoms with Crippen molar-refractivity contribution >= 4 is 23.3 Å². The minimum absolute atomic E-state index is 0.138. The topological polar surface area (TPSA) is 53.1 Å². The molecular weight excluding hydrogens is 502 g/mol. The maximum absolute atomic E-state index is 14.6. The Morgan fingerprint density at radius 3 is 2.42 bits per heavy atom. The molecule has 1 amide bonds. The summed E-state index contributed by atoms with van der Waals surface area (Å²) in [6.07, 6.45) is -3.34. The van der Waals surface area contributed by atoms with Gasteiger partial charge in [0.1, 0.15) is 5.82 Å². The van der Waals surface area contributed by atoms with Gasteiger partial charge in [0.25, 0.3) is 0 Å². The predicted molar refractivity (Wildman–Crippen MR) is 134 cm³/mol. The average Bonchev–Trinajstić information content (AvgIpc) is 2.91. The molecule has 0 saturated carbocycles. The molecule has 2 atom stereocenters. The van der Waals surface area contributed by atoms with Crippen molar-refractivity contribution < 1.29 is 31.9 Å². The summed E-state index contributed by atoms with van der Waals surface area (Å²) in [6.45, 7) is 4.13. The van der Waals surface area contributed by atoms with Crippen LogP contribution in [0.5, 0.6) is 0 Å². The van der Waals surface area contributed by atoms with Gasteiger partial charge in [0.2, 0.25) is 5.91 Å². The Hall–Kier alpha value is -3.30. The lowest BCUT2D eigenvalue weighted by molar-refractivity contribution is -0.152. The second-order valence-corrected chi connectivity index (χ2v) is 10.2. The number of nitrogens with zero attached hydrogens (tertiary/aromatic N) is 3. The van der Waals surface area contributed by atoms with Crippen molar-refractivity contribution in [3.05, 3.63) is 59.4 Å². The molecule has 5 rings (SSSR count). The van der Waals surface area contributed by atoms with Crippen LogP contribution < -0.4 is 9.80 Å². The number of hydrogen-bond donors (Lipinski definition) is 0. The van der Waals surface area contributed by atoms with Crippen molar-refractivity contribution in [2.45, 2.75) is 38.4 Å². The van der Waals surface area contributed by atoms with E-state index in [1.165, 1.54) is 12.1 Å². The molecule has 6 nitrogen and oxygen atoms in total. The fourth-order valence-corrected chi connectivity index (χ4v) is 6.04. The van der Waals surface area contributed by atoms with E-state index in [0.717, 1.165) is 12.1 Å². The molecule has 2 aromatic carbocycles. The third-order valence-electron chi connectivity index (χ3n) is 7.98. The number of rotatable bonds is 4. The first-order valence-corrected chi connectivity index (χ1v) is 13.1. The highest BCUT2D eigenvalue weighted by molar-refractivity contribution is 5.83. The van der Waals surface area contributed by atoms with E-state index in [4.69, 9.17) is 4.74 Å². The van der Waals surface area contributed by atoms with E-state index in [9.17, 15) is 27.2 Å². The molecule has 3 aliphatic heterocycles. The van der Waals surface area contributed by atoms with Crippen molar-refractivity contribution in [3.63, 3.8) is 0 Å². The molecule has 0 radical (unpaired) electrons. The summed E-state index contributed by atoms with van der Waals surface area (Å²) in [5.74, 6) is -1.61. The summed E-state index contributed by atoms with van der Waals surface area (Å²) in [4.78, 5) is 31.7. The number of para-hydroxylation sites is 1. The van der Waals surface area contributed by atoms with Gasteiger partial charge >= 0.3 is 12.1 Å². The highest BCUT2D eigenvalue weighted by Crippen LogP contribution is 2.41. The van der Waals surface area contributed by atoms with Gasteiger partial charge in [-0.1, -0.05) is 12.1 Å². The van der Waals surface area contributed by atoms with E-state index in [2.05, 4.69) is 0 Å². The van der Waals surface area contributed by atoms with Crippen molar-refractivity contribution in [1.82, 2.24) is 4.90 Å². The number of likely N-dealkylation sites (tertiary alicyclic amines) is 1. The third kappa shape index (κ3) is 5.05. The Bertz CT molecular complexity index is 1200. The first-order chi connectivity index (χ1) is 18.2. The Morgan fingerprint density at radius 1 is 1.00 bits per heavy atom. The summed E-state index contributed by atoms with van der Waals surface area (Å²) in [7, 11) is 0. The molecule has 0 spiro atoms. The number of carbonyl (C=O) groups is 2. The van der Waals surface area contributed by atoms with E-state index < -0.39 is 17.7 Å². The number of carbonyl (C=O) groups excluding carboxylic acids is 2. The minimum Gasteiger partial charge on any atom is -0.466 e. The molecule has 10 heteroatoms. The van der Waals surface area contributed by atoms with E-state index in [1.807, 2.05) is 9.80 Å². The van der Waals surface area contributed by atoms with Crippen LogP contribution in [-0.2, 0) is 26.9 Å². The molecule has 0 aromatic heterocycles. The smallest absolute Gasteiger partial charge is 0.416 e. The number of esters is 1. The number of hydrogen-bond acceptors (Lipinski definition) is 5. The Kier molecular flexibility index (Phi) is 7.24. The van der Waals surface area contributed by atoms with Gasteiger partial charge in [-0.25, -0.2) is 4.39 Å². The molecular formula is C28H31F4N3O3. The first-order valence-electron chi connectivity index (χ1n) is 13.1. The van der Waals surface area contributed by atoms with Crippen LogP contribution >= 0.6 is 0 Å². The third-order valence-corrected chi connectivity index (χ3v) is 7.98. The molecule has 0 N–H and O–H groups in total. The highest BCUT2D eigenvalue weighted by atomic mass is 19.4. The standard InChI is InChI=1S/C28H31F4N3O3/c1-2-38-27(37)18-9-11-33(12-10-18)26(36)21-16-19-15-20(28(30,31)32)7-8-23(19)35-14-13-34(17-25(21)35)24-6-4-3-5-22(24)29/h3-8,15,18,21,25H,2,9-14,16-17H2,1H3. The summed E-state index contributed by atoms with van der Waals surface area (Å²) >= 11 is 0. The maximum atomic E-state index is 14.6. The number of piperazine rings is 1. The van der Waals surface area contributed by atoms with Crippen LogP contribution in [-0.4, -0.2) is 62.1 Å². The van der Waals surface area contributed by atoms with Crippen LogP contribution in [0.2, 0.25) is 0 Å². The molecule has 2 unspecified atom stereocenters. The molecule has 2 aromatic rings. The fraction of sp³-hybridized carbons (Fsp3) is 0.500. The Morgan fingerprint density at radius 2 is 1.74 bits per heavy atom. The molecule has 3 heterocycles. The van der Waals surface area contributed by atoms with Gasteiger partial charge in [0, 0.05) is 38.4 Å². The molecule has 38 heavy (non-hydrogen) atoms. The summed E-state index contributed by atoms with van der Waals surface area (Å²) in [6, 6.07) is 9.88. The summed E-state index contributed by atoms with van der Waals surface area (Å²) in [5, 5.41) is 0. The zero-order chi connectivity index (χ0) is 27.0. The number of fused-ring (bicyclic) bond motifs is 3. The second kappa shape index (κ2) is 10.5. The van der Waals surface area contributed by atoms with E-state index in [-0.39, 0.29) is 36.1 Å². The van der Waals surface area contributed by atoms with Gasteiger partial charge < -0.3 is 19.4 Å². The summed E-state index contributed by atoms with van der Waals surface area (Å²) < 4.78 is 60.3. The number of piperidine rings is 1. The van der Waals surface area contributed by atoms with Crippen LogP contribution in [0.3, 0.4) is 0 Å². The van der Waals surface area contributed by atoms with Crippen LogP contribution in [0.15, 0.2) is 42.5 Å². The molecule has 204 valence electrons. The monoisotopic (exact) mass is 533 g/mol. The Labute approximate surface area is 219 Å². The zero-order valence-electron chi connectivity index (χ0n) is 21.2. The van der Waals surface area contributed by atoms with Gasteiger partial charge in [-0.05, 0) is 62.1 Å². The number of amides is 1. The molecule has 2 saturated heterocycles. The minimum atomic E-state index is -4.48. The summed E-state index contributed by atoms with van der Waals surface area (Å²) in [5.41, 5.74) is 0.907.